The summed E-state index contributed by atoms with van der Waals surface area (Å²) in [6.07, 6.45) is 109. The lowest BCUT2D eigenvalue weighted by atomic mass is 10.0. The van der Waals surface area contributed by atoms with Crippen LogP contribution >= 0.6 is 15.6 Å². The van der Waals surface area contributed by atoms with Gasteiger partial charge in [0, 0.05) is 19.3 Å². The van der Waals surface area contributed by atoms with E-state index in [1.54, 1.807) is 0 Å². The smallest absolute Gasteiger partial charge is 0.463 e. The zero-order chi connectivity index (χ0) is 80.8. The molecule has 0 spiro atoms. The maximum atomic E-state index is 13.0. The molecule has 0 fully saturated rings. The Bertz CT molecular complexity index is 2750. The molecule has 5 unspecified atom stereocenters. The molecule has 0 saturated carbocycles. The Morgan fingerprint density at radius 3 is 0.712 bits per heavy atom. The highest BCUT2D eigenvalue weighted by Crippen LogP contribution is 2.45. The third kappa shape index (κ3) is 85.4. The number of aliphatic hydroxyl groups is 2. The van der Waals surface area contributed by atoms with Gasteiger partial charge < -0.3 is 34.2 Å². The minimum Gasteiger partial charge on any atom is -0.463 e. The van der Waals surface area contributed by atoms with Gasteiger partial charge in [-0.2, -0.15) is 0 Å². The van der Waals surface area contributed by atoms with Crippen LogP contribution in [0.3, 0.4) is 0 Å². The van der Waals surface area contributed by atoms with Crippen LogP contribution in [0, 0.1) is 0 Å². The molecule has 0 aliphatic rings. The predicted octanol–water partition coefficient (Wildman–Crippen LogP) is 26.1. The predicted molar refractivity (Wildman–Crippen MR) is 463 cm³/mol. The summed E-state index contributed by atoms with van der Waals surface area (Å²) >= 11 is 0. The highest BCUT2D eigenvalue weighted by atomic mass is 31.2. The van der Waals surface area contributed by atoms with Crippen LogP contribution in [0.4, 0.5) is 0 Å². The molecular formula is C93H154O16P2. The summed E-state index contributed by atoms with van der Waals surface area (Å²) < 4.78 is 61.3. The second-order valence-corrected chi connectivity index (χ2v) is 31.1. The number of aliphatic hydroxyl groups excluding tert-OH is 2. The Hall–Kier alpha value is -5.35. The molecule has 0 rings (SSSR count). The number of rotatable bonds is 80. The quantitative estimate of drug-likeness (QED) is 0.0146. The van der Waals surface area contributed by atoms with Crippen LogP contribution in [0.15, 0.2) is 182 Å². The molecule has 0 aromatic carbocycles. The van der Waals surface area contributed by atoms with Crippen LogP contribution in [0.2, 0.25) is 0 Å². The largest absolute Gasteiger partial charge is 0.472 e. The van der Waals surface area contributed by atoms with E-state index in [-0.39, 0.29) is 19.3 Å². The normalized spacial score (nSPS) is 14.8. The average molecular weight is 1590 g/mol. The van der Waals surface area contributed by atoms with Crippen molar-refractivity contribution in [3.05, 3.63) is 182 Å². The van der Waals surface area contributed by atoms with Crippen molar-refractivity contribution < 1.29 is 75.8 Å². The van der Waals surface area contributed by atoms with Crippen molar-refractivity contribution in [3.63, 3.8) is 0 Å². The fourth-order valence-corrected chi connectivity index (χ4v) is 12.8. The molecule has 0 aromatic rings. The lowest BCUT2D eigenvalue weighted by Gasteiger charge is -2.21. The zero-order valence-electron chi connectivity index (χ0n) is 69.3. The van der Waals surface area contributed by atoms with E-state index in [0.717, 1.165) is 186 Å². The van der Waals surface area contributed by atoms with Gasteiger partial charge in [0.15, 0.2) is 6.10 Å². The van der Waals surface area contributed by atoms with Gasteiger partial charge in [-0.05, 0) is 154 Å². The Kier molecular flexibility index (Phi) is 80.0. The van der Waals surface area contributed by atoms with E-state index in [4.69, 9.17) is 32.3 Å². The van der Waals surface area contributed by atoms with Gasteiger partial charge in [-0.3, -0.25) is 32.5 Å². The van der Waals surface area contributed by atoms with Gasteiger partial charge in [0.1, 0.15) is 25.4 Å². The zero-order valence-corrected chi connectivity index (χ0v) is 71.1. The van der Waals surface area contributed by atoms with E-state index in [1.807, 2.05) is 0 Å². The number of ether oxygens (including phenoxy) is 3. The first kappa shape index (κ1) is 106. The summed E-state index contributed by atoms with van der Waals surface area (Å²) in [5, 5.41) is 20.7. The Labute approximate surface area is 675 Å². The molecule has 5 atom stereocenters. The fourth-order valence-electron chi connectivity index (χ4n) is 11.2. The van der Waals surface area contributed by atoms with Crippen molar-refractivity contribution in [2.24, 2.45) is 0 Å². The minimum absolute atomic E-state index is 0.0791. The lowest BCUT2D eigenvalue weighted by Crippen LogP contribution is -2.30. The molecule has 632 valence electrons. The third-order valence-electron chi connectivity index (χ3n) is 17.6. The summed E-state index contributed by atoms with van der Waals surface area (Å²) in [5.41, 5.74) is 0. The standard InChI is InChI=1S/C93H154O16P2/c1-4-7-10-13-16-19-22-25-28-30-32-34-36-38-40-42-43-45-47-48-50-52-54-56-59-61-64-67-70-73-76-79-91(96)103-82-88(94)83-105-110(99,100)106-84-89(95)85-107-111(101,102)108-87-90(109-93(98)81-78-75-72-69-66-63-58-27-24-21-18-15-12-9-6-3)86-104-92(97)80-77-74-71-68-65-62-60-57-55-53-51-49-46-44-41-39-37-35-33-31-29-26-23-20-17-14-11-8-5-2/h7-12,16-21,25-29,32-35,38-41,43,45-46,49,58,88-90,94-95H,4-6,13-15,22-24,30-31,36-37,42,44,47-48,50-57,59-87H2,1-3H3,(H,99,100)(H,101,102)/b10-7-,11-8-,12-9-,19-16-,20-17-,21-18-,28-25-,29-26-,34-32-,35-33-,40-38-,41-39-,45-43-,49-46-,58-27-. The second kappa shape index (κ2) is 84.1. The fraction of sp³-hybridized carbons (Fsp3) is 0.645. The van der Waals surface area contributed by atoms with Crippen LogP contribution in [0.1, 0.15) is 329 Å². The van der Waals surface area contributed by atoms with Gasteiger partial charge in [0.05, 0.1) is 26.4 Å². The van der Waals surface area contributed by atoms with Gasteiger partial charge in [-0.15, -0.1) is 0 Å². The van der Waals surface area contributed by atoms with Crippen LogP contribution in [-0.4, -0.2) is 95.9 Å². The number of allylic oxidation sites excluding steroid dienone is 30. The van der Waals surface area contributed by atoms with Gasteiger partial charge in [0.25, 0.3) is 0 Å². The molecule has 16 nitrogen and oxygen atoms in total. The molecule has 4 N–H and O–H groups in total. The molecule has 0 amide bonds. The van der Waals surface area contributed by atoms with E-state index >= 15 is 0 Å². The monoisotopic (exact) mass is 1590 g/mol. The average Bonchev–Trinajstić information content (AvgIpc) is 0.908. The molecule has 18 heteroatoms. The Morgan fingerprint density at radius 2 is 0.450 bits per heavy atom. The van der Waals surface area contributed by atoms with Gasteiger partial charge in [-0.1, -0.05) is 338 Å². The van der Waals surface area contributed by atoms with Crippen molar-refractivity contribution in [2.45, 2.75) is 347 Å². The van der Waals surface area contributed by atoms with Crippen LogP contribution in [-0.2, 0) is 55.8 Å². The number of esters is 3. The summed E-state index contributed by atoms with van der Waals surface area (Å²) in [4.78, 5) is 58.8. The van der Waals surface area contributed by atoms with Crippen molar-refractivity contribution in [1.82, 2.24) is 0 Å². The molecule has 0 saturated heterocycles. The molecule has 111 heavy (non-hydrogen) atoms. The first-order valence-electron chi connectivity index (χ1n) is 43.1. The van der Waals surface area contributed by atoms with Gasteiger partial charge >= 0.3 is 33.6 Å². The number of hydrogen-bond acceptors (Lipinski definition) is 14. The van der Waals surface area contributed by atoms with E-state index in [9.17, 15) is 43.5 Å². The molecule has 0 aliphatic heterocycles. The SMILES string of the molecule is CC/C=C\C/C=C\C/C=C\C/C=C\C/C=C\C/C=C\CCCCCCCCCCCCCCC(=O)OCC(O)COP(=O)(O)OCC(O)COP(=O)(O)OCC(COC(=O)CCCCCCCCCCCC/C=C\C/C=C\C/C=C\C/C=C\C/C=C\C/C=C\CC)OC(=O)CCCCCCC/C=C\C/C=C\C/C=C\CC. The Balaban J connectivity index is 4.53. The molecule has 0 radical (unpaired) electrons. The van der Waals surface area contributed by atoms with Crippen molar-refractivity contribution >= 4 is 33.6 Å². The summed E-state index contributed by atoms with van der Waals surface area (Å²) in [5.74, 6) is -1.60. The van der Waals surface area contributed by atoms with Crippen molar-refractivity contribution in [3.8, 4) is 0 Å². The number of phosphoric acid groups is 2. The number of phosphoric ester groups is 2. The van der Waals surface area contributed by atoms with E-state index < -0.39 is 91.5 Å². The number of carbonyl (C=O) groups excluding carboxylic acids is 3. The van der Waals surface area contributed by atoms with Crippen molar-refractivity contribution in [2.75, 3.05) is 39.6 Å². The summed E-state index contributed by atoms with van der Waals surface area (Å²) in [6.45, 7) is 2.32. The van der Waals surface area contributed by atoms with E-state index in [0.29, 0.717) is 19.3 Å². The van der Waals surface area contributed by atoms with Crippen LogP contribution in [0.25, 0.3) is 0 Å². The number of carbonyl (C=O) groups is 3. The van der Waals surface area contributed by atoms with E-state index in [1.165, 1.54) is 83.5 Å². The van der Waals surface area contributed by atoms with Crippen molar-refractivity contribution in [1.29, 1.82) is 0 Å². The summed E-state index contributed by atoms with van der Waals surface area (Å²) in [6, 6.07) is 0. The number of hydrogen-bond donors (Lipinski definition) is 4. The maximum Gasteiger partial charge on any atom is 0.472 e. The maximum absolute atomic E-state index is 13.0. The highest BCUT2D eigenvalue weighted by molar-refractivity contribution is 7.47. The van der Waals surface area contributed by atoms with Gasteiger partial charge in [-0.25, -0.2) is 9.13 Å². The first-order valence-corrected chi connectivity index (χ1v) is 46.1. The highest BCUT2D eigenvalue weighted by Gasteiger charge is 2.29. The molecular weight excluding hydrogens is 1430 g/mol. The van der Waals surface area contributed by atoms with Crippen LogP contribution in [0.5, 0.6) is 0 Å². The third-order valence-corrected chi connectivity index (χ3v) is 19.5. The minimum atomic E-state index is -4.95. The molecule has 0 aromatic heterocycles. The van der Waals surface area contributed by atoms with Gasteiger partial charge in [0.2, 0.25) is 0 Å². The molecule has 0 heterocycles. The van der Waals surface area contributed by atoms with Crippen LogP contribution < -0.4 is 0 Å². The first-order chi connectivity index (χ1) is 54.2. The lowest BCUT2D eigenvalue weighted by molar-refractivity contribution is -0.161. The topological polar surface area (TPSA) is 231 Å². The second-order valence-electron chi connectivity index (χ2n) is 28.2. The number of unbranched alkanes of at least 4 members (excludes halogenated alkanes) is 27. The molecule has 0 aliphatic carbocycles. The molecule has 0 bridgehead atoms. The summed E-state index contributed by atoms with van der Waals surface area (Å²) in [7, 11) is -9.81. The Morgan fingerprint density at radius 1 is 0.252 bits per heavy atom. The van der Waals surface area contributed by atoms with E-state index in [2.05, 4.69) is 203 Å².